The average Bonchev–Trinajstić information content (AvgIpc) is 2.58. The molecule has 118 valence electrons. The van der Waals surface area contributed by atoms with Crippen LogP contribution < -0.4 is 5.32 Å². The maximum Gasteiger partial charge on any atom is 0.219 e. The van der Waals surface area contributed by atoms with Crippen molar-refractivity contribution in [2.24, 2.45) is 4.99 Å². The Morgan fingerprint density at radius 2 is 1.83 bits per heavy atom. The minimum absolute atomic E-state index is 0.0324. The van der Waals surface area contributed by atoms with Gasteiger partial charge in [-0.15, -0.1) is 0 Å². The summed E-state index contributed by atoms with van der Waals surface area (Å²) in [5.41, 5.74) is 1.62. The lowest BCUT2D eigenvalue weighted by Crippen LogP contribution is -2.43. The van der Waals surface area contributed by atoms with E-state index < -0.39 is 5.78 Å². The maximum atomic E-state index is 12.1. The van der Waals surface area contributed by atoms with Gasteiger partial charge in [0.2, 0.25) is 5.78 Å². The zero-order valence-electron chi connectivity index (χ0n) is 11.6. The van der Waals surface area contributed by atoms with Crippen LogP contribution in [-0.4, -0.2) is 34.6 Å². The molecule has 0 radical (unpaired) electrons. The first kappa shape index (κ1) is 16.5. The van der Waals surface area contributed by atoms with Crippen LogP contribution in [-0.2, 0) is 4.79 Å². The first-order valence-electron chi connectivity index (χ1n) is 6.69. The molecule has 4 nitrogen and oxygen atoms in total. The van der Waals surface area contributed by atoms with E-state index in [-0.39, 0.29) is 15.1 Å². The molecule has 3 rings (SSSR count). The number of carbonyl (C=O) groups is 1. The van der Waals surface area contributed by atoms with Gasteiger partial charge in [0.25, 0.3) is 0 Å². The van der Waals surface area contributed by atoms with Crippen molar-refractivity contribution in [2.75, 3.05) is 18.4 Å². The number of benzene rings is 1. The number of nitrogens with zero attached hydrogens (tertiary/aromatic N) is 2. The number of hydrogen-bond donors (Lipinski definition) is 1. The molecule has 0 amide bonds. The number of para-hydroxylation sites is 1. The third kappa shape index (κ3) is 3.02. The van der Waals surface area contributed by atoms with Crippen LogP contribution in [0.1, 0.15) is 0 Å². The van der Waals surface area contributed by atoms with E-state index in [0.717, 1.165) is 5.69 Å². The third-order valence-electron chi connectivity index (χ3n) is 3.37. The van der Waals surface area contributed by atoms with E-state index in [1.165, 1.54) is 0 Å². The Bertz CT molecular complexity index is 786. The van der Waals surface area contributed by atoms with Gasteiger partial charge in [-0.2, -0.15) is 0 Å². The van der Waals surface area contributed by atoms with Crippen LogP contribution in [0.3, 0.4) is 0 Å². The van der Waals surface area contributed by atoms with Crippen LogP contribution in [0.4, 0.5) is 5.69 Å². The fourth-order valence-corrected chi connectivity index (χ4v) is 3.35. The second-order valence-corrected chi connectivity index (χ2v) is 6.32. The number of halogens is 3. The Kier molecular flexibility index (Phi) is 4.73. The smallest absolute Gasteiger partial charge is 0.219 e. The van der Waals surface area contributed by atoms with Crippen molar-refractivity contribution in [1.82, 2.24) is 4.90 Å². The number of nitrogens with one attached hydrogen (secondary N) is 1. The topological polar surface area (TPSA) is 44.7 Å². The number of anilines is 1. The lowest BCUT2D eigenvalue weighted by atomic mass is 10.1. The number of thiocarbonyl (C=S) groups is 1. The Morgan fingerprint density at radius 3 is 2.52 bits per heavy atom. The van der Waals surface area contributed by atoms with E-state index in [9.17, 15) is 4.79 Å². The summed E-state index contributed by atoms with van der Waals surface area (Å²) in [6.07, 6.45) is 0. The van der Waals surface area contributed by atoms with Crippen molar-refractivity contribution in [3.63, 3.8) is 0 Å². The molecular formula is C15H10Cl3N3OS. The minimum Gasteiger partial charge on any atom is -0.332 e. The van der Waals surface area contributed by atoms with E-state index in [2.05, 4.69) is 10.3 Å². The molecule has 1 aromatic rings. The fourth-order valence-electron chi connectivity index (χ4n) is 2.30. The molecule has 0 unspecified atom stereocenters. The summed E-state index contributed by atoms with van der Waals surface area (Å²) in [6.45, 7) is 0.955. The van der Waals surface area contributed by atoms with Gasteiger partial charge in [-0.25, -0.2) is 0 Å². The van der Waals surface area contributed by atoms with Crippen LogP contribution in [0.5, 0.6) is 0 Å². The standard InChI is InChI=1S/C15H10Cl3N3OS/c16-9-10(17)14(22)11(18)13-12(9)19-6-7-21(13)15(23)20-8-4-2-1-3-5-8/h1-5H,6-7H2,(H,20,23). The predicted octanol–water partition coefficient (Wildman–Crippen LogP) is 3.86. The van der Waals surface area contributed by atoms with E-state index in [1.54, 1.807) is 4.90 Å². The molecule has 23 heavy (non-hydrogen) atoms. The van der Waals surface area contributed by atoms with Crippen LogP contribution in [0.2, 0.25) is 0 Å². The number of ketones is 1. The Hall–Kier alpha value is -1.40. The second kappa shape index (κ2) is 6.61. The van der Waals surface area contributed by atoms with Crippen molar-refractivity contribution in [1.29, 1.82) is 0 Å². The van der Waals surface area contributed by atoms with Crippen molar-refractivity contribution in [3.05, 3.63) is 51.1 Å². The van der Waals surface area contributed by atoms with E-state index in [1.807, 2.05) is 30.3 Å². The summed E-state index contributed by atoms with van der Waals surface area (Å²) in [6, 6.07) is 9.47. The van der Waals surface area contributed by atoms with Gasteiger partial charge in [-0.1, -0.05) is 53.0 Å². The summed E-state index contributed by atoms with van der Waals surface area (Å²) < 4.78 is 0. The lowest BCUT2D eigenvalue weighted by molar-refractivity contribution is -0.111. The molecule has 0 saturated carbocycles. The van der Waals surface area contributed by atoms with Crippen LogP contribution in [0.25, 0.3) is 0 Å². The van der Waals surface area contributed by atoms with Crippen LogP contribution in [0, 0.1) is 0 Å². The number of allylic oxidation sites excluding steroid dienone is 3. The fraction of sp³-hybridized carbons (Fsp3) is 0.133. The van der Waals surface area contributed by atoms with E-state index in [4.69, 9.17) is 47.0 Å². The van der Waals surface area contributed by atoms with Gasteiger partial charge in [0.1, 0.15) is 15.8 Å². The highest BCUT2D eigenvalue weighted by molar-refractivity contribution is 7.80. The van der Waals surface area contributed by atoms with Gasteiger partial charge < -0.3 is 10.2 Å². The Morgan fingerprint density at radius 1 is 1.13 bits per heavy atom. The van der Waals surface area contributed by atoms with Gasteiger partial charge in [0, 0.05) is 12.2 Å². The molecule has 1 heterocycles. The number of rotatable bonds is 1. The van der Waals surface area contributed by atoms with Gasteiger partial charge in [-0.3, -0.25) is 9.79 Å². The quantitative estimate of drug-likeness (QED) is 0.588. The highest BCUT2D eigenvalue weighted by Gasteiger charge is 2.36. The molecule has 1 N–H and O–H groups in total. The van der Waals surface area contributed by atoms with Gasteiger partial charge in [0.15, 0.2) is 5.11 Å². The zero-order chi connectivity index (χ0) is 16.6. The summed E-state index contributed by atoms with van der Waals surface area (Å²) >= 11 is 23.7. The third-order valence-corrected chi connectivity index (χ3v) is 4.86. The van der Waals surface area contributed by atoms with Crippen LogP contribution >= 0.6 is 47.0 Å². The van der Waals surface area contributed by atoms with E-state index >= 15 is 0 Å². The maximum absolute atomic E-state index is 12.1. The number of Topliss-reactive ketones (excluding diaryl/α,β-unsaturated/α-hetero) is 1. The van der Waals surface area contributed by atoms with E-state index in [0.29, 0.717) is 29.6 Å². The molecule has 0 spiro atoms. The molecule has 0 fully saturated rings. The number of hydrogen-bond acceptors (Lipinski definition) is 3. The molecule has 0 aromatic heterocycles. The molecule has 1 aliphatic heterocycles. The Labute approximate surface area is 153 Å². The van der Waals surface area contributed by atoms with Gasteiger partial charge in [-0.05, 0) is 24.4 Å². The highest BCUT2D eigenvalue weighted by atomic mass is 35.5. The molecule has 2 aliphatic rings. The molecule has 1 aliphatic carbocycles. The summed E-state index contributed by atoms with van der Waals surface area (Å²) in [4.78, 5) is 18.2. The average molecular weight is 387 g/mol. The highest BCUT2D eigenvalue weighted by Crippen LogP contribution is 2.35. The monoisotopic (exact) mass is 385 g/mol. The SMILES string of the molecule is O=C1C(Cl)=C(Cl)C2=NCCN(C(=S)Nc3ccccc3)C2=C1Cl. The molecular weight excluding hydrogens is 377 g/mol. The molecule has 1 aromatic carbocycles. The molecule has 8 heteroatoms. The summed E-state index contributed by atoms with van der Waals surface area (Å²) in [5, 5.41) is 3.47. The normalized spacial score (nSPS) is 18.0. The van der Waals surface area contributed by atoms with Crippen LogP contribution in [0.15, 0.2) is 56.1 Å². The first-order chi connectivity index (χ1) is 11.0. The molecule has 0 atom stereocenters. The number of fused-ring (bicyclic) bond motifs is 1. The second-order valence-electron chi connectivity index (χ2n) is 4.80. The molecule has 0 bridgehead atoms. The van der Waals surface area contributed by atoms with Crippen molar-refractivity contribution in [2.45, 2.75) is 0 Å². The van der Waals surface area contributed by atoms with Crippen molar-refractivity contribution < 1.29 is 4.79 Å². The summed E-state index contributed by atoms with van der Waals surface area (Å²) in [7, 11) is 0. The largest absolute Gasteiger partial charge is 0.332 e. The van der Waals surface area contributed by atoms with Gasteiger partial charge >= 0.3 is 0 Å². The predicted molar refractivity (Wildman–Crippen MR) is 98.3 cm³/mol. The minimum atomic E-state index is -0.526. The zero-order valence-corrected chi connectivity index (χ0v) is 14.7. The number of aliphatic imine (C=N–C) groups is 1. The number of carbonyl (C=O) groups excluding carboxylic acids is 1. The lowest BCUT2D eigenvalue weighted by Gasteiger charge is -2.34. The Balaban J connectivity index is 1.95. The van der Waals surface area contributed by atoms with Crippen molar-refractivity contribution in [3.8, 4) is 0 Å². The van der Waals surface area contributed by atoms with Crippen molar-refractivity contribution >= 4 is 69.3 Å². The van der Waals surface area contributed by atoms with Gasteiger partial charge in [0.05, 0.1) is 17.3 Å². The summed E-state index contributed by atoms with van der Waals surface area (Å²) in [5.74, 6) is -0.526. The molecule has 0 saturated heterocycles. The first-order valence-corrected chi connectivity index (χ1v) is 8.23.